The van der Waals surface area contributed by atoms with Crippen molar-refractivity contribution >= 4 is 21.6 Å². The molecule has 1 atom stereocenters. The maximum absolute atomic E-state index is 12.9. The highest BCUT2D eigenvalue weighted by Crippen LogP contribution is 2.19. The fraction of sp³-hybridized carbons (Fsp3) is 0.188. The van der Waals surface area contributed by atoms with Crippen LogP contribution in [0.2, 0.25) is 0 Å². The number of amides is 1. The SMILES string of the molecule is CC(NC(=O)c1ccccc1NS(C)(=O)=O)c1ccc(F)cc1. The summed E-state index contributed by atoms with van der Waals surface area (Å²) in [5.41, 5.74) is 1.17. The Bertz CT molecular complexity index is 804. The number of benzene rings is 2. The van der Waals surface area contributed by atoms with Gasteiger partial charge in [0, 0.05) is 0 Å². The Kier molecular flexibility index (Phi) is 5.00. The standard InChI is InChI=1S/C16H17FN2O3S/c1-11(12-7-9-13(17)10-8-12)18-16(20)14-5-3-4-6-15(14)19-23(2,21)22/h3-11,19H,1-2H3,(H,18,20). The van der Waals surface area contributed by atoms with E-state index in [0.717, 1.165) is 11.8 Å². The molecule has 2 aromatic carbocycles. The van der Waals surface area contributed by atoms with Gasteiger partial charge in [-0.15, -0.1) is 0 Å². The van der Waals surface area contributed by atoms with Gasteiger partial charge in [0.05, 0.1) is 23.5 Å². The summed E-state index contributed by atoms with van der Waals surface area (Å²) in [6, 6.07) is 11.8. The Labute approximate surface area is 134 Å². The van der Waals surface area contributed by atoms with Crippen molar-refractivity contribution in [1.82, 2.24) is 5.32 Å². The summed E-state index contributed by atoms with van der Waals surface area (Å²) < 4.78 is 38.0. The molecule has 0 fully saturated rings. The summed E-state index contributed by atoms with van der Waals surface area (Å²) in [5, 5.41) is 2.76. The van der Waals surface area contributed by atoms with Crippen LogP contribution in [0.25, 0.3) is 0 Å². The van der Waals surface area contributed by atoms with Crippen LogP contribution in [0.15, 0.2) is 48.5 Å². The van der Waals surface area contributed by atoms with Crippen LogP contribution >= 0.6 is 0 Å². The molecular formula is C16H17FN2O3S. The minimum atomic E-state index is -3.49. The molecule has 2 aromatic rings. The topological polar surface area (TPSA) is 75.3 Å². The van der Waals surface area contributed by atoms with Gasteiger partial charge >= 0.3 is 0 Å². The number of carbonyl (C=O) groups is 1. The predicted molar refractivity (Wildman–Crippen MR) is 87.2 cm³/mol. The summed E-state index contributed by atoms with van der Waals surface area (Å²) in [7, 11) is -3.49. The first-order valence-electron chi connectivity index (χ1n) is 6.89. The third-order valence-electron chi connectivity index (χ3n) is 3.18. The second kappa shape index (κ2) is 6.78. The van der Waals surface area contributed by atoms with E-state index in [1.54, 1.807) is 31.2 Å². The first-order chi connectivity index (χ1) is 10.8. The summed E-state index contributed by atoms with van der Waals surface area (Å²) in [6.07, 6.45) is 1.02. The molecule has 0 radical (unpaired) electrons. The molecule has 0 aliphatic carbocycles. The molecule has 0 spiro atoms. The lowest BCUT2D eigenvalue weighted by Crippen LogP contribution is -2.27. The quantitative estimate of drug-likeness (QED) is 0.881. The van der Waals surface area contributed by atoms with E-state index in [1.165, 1.54) is 24.3 Å². The average Bonchev–Trinajstić information content (AvgIpc) is 2.46. The van der Waals surface area contributed by atoms with Crippen LogP contribution in [0.3, 0.4) is 0 Å². The van der Waals surface area contributed by atoms with Crippen LogP contribution in [-0.2, 0) is 10.0 Å². The van der Waals surface area contributed by atoms with Crippen molar-refractivity contribution in [3.8, 4) is 0 Å². The molecule has 0 saturated heterocycles. The number of nitrogens with one attached hydrogen (secondary N) is 2. The summed E-state index contributed by atoms with van der Waals surface area (Å²) in [6.45, 7) is 1.76. The molecular weight excluding hydrogens is 319 g/mol. The van der Waals surface area contributed by atoms with Gasteiger partial charge in [0.2, 0.25) is 10.0 Å². The van der Waals surface area contributed by atoms with Crippen molar-refractivity contribution in [2.75, 3.05) is 11.0 Å². The smallest absolute Gasteiger partial charge is 0.253 e. The zero-order valence-electron chi connectivity index (χ0n) is 12.7. The zero-order chi connectivity index (χ0) is 17.0. The van der Waals surface area contributed by atoms with E-state index in [0.29, 0.717) is 0 Å². The van der Waals surface area contributed by atoms with Gasteiger partial charge in [-0.25, -0.2) is 12.8 Å². The Hall–Kier alpha value is -2.41. The van der Waals surface area contributed by atoms with E-state index in [4.69, 9.17) is 0 Å². The van der Waals surface area contributed by atoms with E-state index in [9.17, 15) is 17.6 Å². The molecule has 23 heavy (non-hydrogen) atoms. The first kappa shape index (κ1) is 17.0. The number of anilines is 1. The highest BCUT2D eigenvalue weighted by atomic mass is 32.2. The Morgan fingerprint density at radius 2 is 1.70 bits per heavy atom. The molecule has 122 valence electrons. The van der Waals surface area contributed by atoms with E-state index in [-0.39, 0.29) is 23.1 Å². The van der Waals surface area contributed by atoms with Gasteiger partial charge in [-0.2, -0.15) is 0 Å². The zero-order valence-corrected chi connectivity index (χ0v) is 13.5. The van der Waals surface area contributed by atoms with Gasteiger partial charge < -0.3 is 5.32 Å². The van der Waals surface area contributed by atoms with E-state index < -0.39 is 15.9 Å². The van der Waals surface area contributed by atoms with E-state index in [1.807, 2.05) is 0 Å². The van der Waals surface area contributed by atoms with Gasteiger partial charge in [0.1, 0.15) is 5.82 Å². The molecule has 7 heteroatoms. The molecule has 0 aliphatic rings. The van der Waals surface area contributed by atoms with E-state index >= 15 is 0 Å². The molecule has 0 aromatic heterocycles. The highest BCUT2D eigenvalue weighted by Gasteiger charge is 2.16. The molecule has 1 unspecified atom stereocenters. The van der Waals surface area contributed by atoms with Crippen molar-refractivity contribution in [2.45, 2.75) is 13.0 Å². The van der Waals surface area contributed by atoms with Crippen molar-refractivity contribution in [3.05, 3.63) is 65.5 Å². The number of para-hydroxylation sites is 1. The lowest BCUT2D eigenvalue weighted by Gasteiger charge is -2.16. The van der Waals surface area contributed by atoms with Crippen molar-refractivity contribution < 1.29 is 17.6 Å². The third kappa shape index (κ3) is 4.79. The number of halogens is 1. The maximum atomic E-state index is 12.9. The highest BCUT2D eigenvalue weighted by molar-refractivity contribution is 7.92. The third-order valence-corrected chi connectivity index (χ3v) is 3.78. The summed E-state index contributed by atoms with van der Waals surface area (Å²) in [5.74, 6) is -0.774. The maximum Gasteiger partial charge on any atom is 0.253 e. The first-order valence-corrected chi connectivity index (χ1v) is 8.78. The minimum Gasteiger partial charge on any atom is -0.345 e. The molecule has 2 N–H and O–H groups in total. The molecule has 0 bridgehead atoms. The van der Waals surface area contributed by atoms with Crippen LogP contribution in [0.5, 0.6) is 0 Å². The van der Waals surface area contributed by atoms with E-state index in [2.05, 4.69) is 10.0 Å². The Morgan fingerprint density at radius 1 is 1.09 bits per heavy atom. The van der Waals surface area contributed by atoms with Gasteiger partial charge in [0.25, 0.3) is 5.91 Å². The van der Waals surface area contributed by atoms with Crippen LogP contribution in [0, 0.1) is 5.82 Å². The molecule has 1 amide bonds. The average molecular weight is 336 g/mol. The second-order valence-electron chi connectivity index (χ2n) is 5.17. The Morgan fingerprint density at radius 3 is 2.30 bits per heavy atom. The lowest BCUT2D eigenvalue weighted by molar-refractivity contribution is 0.0941. The predicted octanol–water partition coefficient (Wildman–Crippen LogP) is 2.69. The number of sulfonamides is 1. The second-order valence-corrected chi connectivity index (χ2v) is 6.91. The van der Waals surface area contributed by atoms with Crippen LogP contribution in [-0.4, -0.2) is 20.6 Å². The van der Waals surface area contributed by atoms with Gasteiger partial charge in [-0.1, -0.05) is 24.3 Å². The van der Waals surface area contributed by atoms with Gasteiger partial charge in [-0.3, -0.25) is 9.52 Å². The lowest BCUT2D eigenvalue weighted by atomic mass is 10.1. The molecule has 2 rings (SSSR count). The van der Waals surface area contributed by atoms with Gasteiger partial charge in [0.15, 0.2) is 0 Å². The normalized spacial score (nSPS) is 12.5. The van der Waals surface area contributed by atoms with Crippen molar-refractivity contribution in [3.63, 3.8) is 0 Å². The number of hydrogen-bond acceptors (Lipinski definition) is 3. The van der Waals surface area contributed by atoms with Crippen molar-refractivity contribution in [2.24, 2.45) is 0 Å². The molecule has 0 heterocycles. The largest absolute Gasteiger partial charge is 0.345 e. The molecule has 5 nitrogen and oxygen atoms in total. The number of carbonyl (C=O) groups excluding carboxylic acids is 1. The van der Waals surface area contributed by atoms with Crippen molar-refractivity contribution in [1.29, 1.82) is 0 Å². The summed E-state index contributed by atoms with van der Waals surface area (Å²) >= 11 is 0. The fourth-order valence-corrected chi connectivity index (χ4v) is 2.66. The fourth-order valence-electron chi connectivity index (χ4n) is 2.08. The Balaban J connectivity index is 2.19. The molecule has 0 aliphatic heterocycles. The summed E-state index contributed by atoms with van der Waals surface area (Å²) in [4.78, 5) is 12.4. The van der Waals surface area contributed by atoms with Crippen LogP contribution in [0.1, 0.15) is 28.9 Å². The van der Waals surface area contributed by atoms with Crippen LogP contribution in [0.4, 0.5) is 10.1 Å². The van der Waals surface area contributed by atoms with Gasteiger partial charge in [-0.05, 0) is 36.8 Å². The number of hydrogen-bond donors (Lipinski definition) is 2. The molecule has 0 saturated carbocycles. The van der Waals surface area contributed by atoms with Crippen LogP contribution < -0.4 is 10.0 Å². The monoisotopic (exact) mass is 336 g/mol. The minimum absolute atomic E-state index is 0.207. The number of rotatable bonds is 5.